The first-order valence-corrected chi connectivity index (χ1v) is 7.66. The van der Waals surface area contributed by atoms with Crippen molar-refractivity contribution >= 4 is 5.69 Å². The lowest BCUT2D eigenvalue weighted by atomic mass is 9.87. The van der Waals surface area contributed by atoms with Crippen molar-refractivity contribution in [3.8, 4) is 5.75 Å². The van der Waals surface area contributed by atoms with Crippen molar-refractivity contribution in [1.29, 1.82) is 0 Å². The van der Waals surface area contributed by atoms with Crippen molar-refractivity contribution < 1.29 is 4.74 Å². The maximum absolute atomic E-state index is 5.47. The highest BCUT2D eigenvalue weighted by Crippen LogP contribution is 2.31. The molecule has 0 aromatic heterocycles. The third-order valence-electron chi connectivity index (χ3n) is 4.02. The molecule has 112 valence electrons. The van der Waals surface area contributed by atoms with Gasteiger partial charge in [0.05, 0.1) is 12.8 Å². The second-order valence-corrected chi connectivity index (χ2v) is 6.69. The van der Waals surface area contributed by atoms with E-state index < -0.39 is 0 Å². The summed E-state index contributed by atoms with van der Waals surface area (Å²) in [7, 11) is 1.73. The topological polar surface area (TPSA) is 33.3 Å². The lowest BCUT2D eigenvalue weighted by Crippen LogP contribution is -2.39. The van der Waals surface area contributed by atoms with Crippen molar-refractivity contribution in [1.82, 2.24) is 5.32 Å². The fraction of sp³-hybridized carbons (Fsp3) is 0.647. The molecule has 0 amide bonds. The molecule has 20 heavy (non-hydrogen) atoms. The highest BCUT2D eigenvalue weighted by Gasteiger charge is 2.17. The van der Waals surface area contributed by atoms with Crippen LogP contribution in [0.4, 0.5) is 5.69 Å². The van der Waals surface area contributed by atoms with Gasteiger partial charge in [0.1, 0.15) is 5.75 Å². The lowest BCUT2D eigenvalue weighted by Gasteiger charge is -2.25. The molecule has 0 spiro atoms. The van der Waals surface area contributed by atoms with E-state index >= 15 is 0 Å². The summed E-state index contributed by atoms with van der Waals surface area (Å²) in [5.74, 6) is 0.925. The van der Waals surface area contributed by atoms with Crippen molar-refractivity contribution in [2.45, 2.75) is 51.5 Å². The smallest absolute Gasteiger partial charge is 0.141 e. The third-order valence-corrected chi connectivity index (χ3v) is 4.02. The Kier molecular flexibility index (Phi) is 4.92. The van der Waals surface area contributed by atoms with Crippen molar-refractivity contribution in [3.05, 3.63) is 23.8 Å². The van der Waals surface area contributed by atoms with Gasteiger partial charge in [0.25, 0.3) is 0 Å². The van der Waals surface area contributed by atoms with E-state index in [4.69, 9.17) is 4.74 Å². The quantitative estimate of drug-likeness (QED) is 0.882. The van der Waals surface area contributed by atoms with E-state index in [0.29, 0.717) is 6.04 Å². The normalized spacial score (nSPS) is 19.7. The first-order chi connectivity index (χ1) is 9.50. The van der Waals surface area contributed by atoms with E-state index in [2.05, 4.69) is 49.6 Å². The van der Waals surface area contributed by atoms with Crippen LogP contribution in [-0.4, -0.2) is 26.2 Å². The van der Waals surface area contributed by atoms with Crippen LogP contribution in [0.1, 0.15) is 45.6 Å². The van der Waals surface area contributed by atoms with Crippen LogP contribution in [0.3, 0.4) is 0 Å². The van der Waals surface area contributed by atoms with Gasteiger partial charge in [-0.2, -0.15) is 0 Å². The average molecular weight is 276 g/mol. The first kappa shape index (κ1) is 15.2. The van der Waals surface area contributed by atoms with Crippen molar-refractivity contribution in [2.75, 3.05) is 25.5 Å². The van der Waals surface area contributed by atoms with Gasteiger partial charge in [-0.1, -0.05) is 33.3 Å². The molecule has 3 nitrogen and oxygen atoms in total. The number of piperidine rings is 1. The molecule has 3 heteroatoms. The maximum Gasteiger partial charge on any atom is 0.141 e. The molecule has 1 saturated heterocycles. The molecule has 2 rings (SSSR count). The summed E-state index contributed by atoms with van der Waals surface area (Å²) in [5, 5.41) is 7.13. The summed E-state index contributed by atoms with van der Waals surface area (Å²) in [6, 6.07) is 7.02. The minimum atomic E-state index is 0.159. The number of anilines is 1. The molecular formula is C17H28N2O. The molecule has 1 atom stereocenters. The SMILES string of the molecule is COc1ccc(C(C)(C)C)cc1NCC1CCCCN1. The molecule has 0 aliphatic carbocycles. The fourth-order valence-electron chi connectivity index (χ4n) is 2.64. The van der Waals surface area contributed by atoms with Crippen LogP contribution in [0.2, 0.25) is 0 Å². The van der Waals surface area contributed by atoms with Gasteiger partial charge >= 0.3 is 0 Å². The molecule has 1 unspecified atom stereocenters. The second-order valence-electron chi connectivity index (χ2n) is 6.69. The molecule has 1 aliphatic rings. The summed E-state index contributed by atoms with van der Waals surface area (Å²) < 4.78 is 5.47. The molecule has 1 fully saturated rings. The largest absolute Gasteiger partial charge is 0.495 e. The Bertz CT molecular complexity index is 431. The molecule has 1 aromatic rings. The molecule has 1 aliphatic heterocycles. The lowest BCUT2D eigenvalue weighted by molar-refractivity contribution is 0.407. The van der Waals surface area contributed by atoms with E-state index in [-0.39, 0.29) is 5.41 Å². The Morgan fingerprint density at radius 1 is 1.30 bits per heavy atom. The van der Waals surface area contributed by atoms with Crippen LogP contribution < -0.4 is 15.4 Å². The number of hydrogen-bond donors (Lipinski definition) is 2. The summed E-state index contributed by atoms with van der Waals surface area (Å²) in [4.78, 5) is 0. The fourth-order valence-corrected chi connectivity index (χ4v) is 2.64. The Morgan fingerprint density at radius 2 is 2.10 bits per heavy atom. The molecule has 0 radical (unpaired) electrons. The average Bonchev–Trinajstić information content (AvgIpc) is 2.45. The van der Waals surface area contributed by atoms with Crippen LogP contribution in [0.5, 0.6) is 5.75 Å². The van der Waals surface area contributed by atoms with Gasteiger partial charge in [-0.15, -0.1) is 0 Å². The van der Waals surface area contributed by atoms with Gasteiger partial charge < -0.3 is 15.4 Å². The minimum absolute atomic E-state index is 0.159. The van der Waals surface area contributed by atoms with Crippen LogP contribution in [-0.2, 0) is 5.41 Å². The number of ether oxygens (including phenoxy) is 1. The first-order valence-electron chi connectivity index (χ1n) is 7.66. The monoisotopic (exact) mass is 276 g/mol. The Hall–Kier alpha value is -1.22. The van der Waals surface area contributed by atoms with Gasteiger partial charge in [-0.25, -0.2) is 0 Å². The second kappa shape index (κ2) is 6.49. The Balaban J connectivity index is 2.07. The predicted octanol–water partition coefficient (Wildman–Crippen LogP) is 3.55. The van der Waals surface area contributed by atoms with Crippen LogP contribution in [0.15, 0.2) is 18.2 Å². The van der Waals surface area contributed by atoms with Gasteiger partial charge in [-0.05, 0) is 42.5 Å². The maximum atomic E-state index is 5.47. The summed E-state index contributed by atoms with van der Waals surface area (Å²) >= 11 is 0. The van der Waals surface area contributed by atoms with Crippen LogP contribution in [0, 0.1) is 0 Å². The molecule has 0 bridgehead atoms. The number of benzene rings is 1. The highest BCUT2D eigenvalue weighted by molar-refractivity contribution is 5.59. The number of nitrogens with one attached hydrogen (secondary N) is 2. The Labute approximate surface area is 123 Å². The van der Waals surface area contributed by atoms with E-state index in [1.165, 1.54) is 24.8 Å². The summed E-state index contributed by atoms with van der Waals surface area (Å²) in [5.41, 5.74) is 2.59. The van der Waals surface area contributed by atoms with E-state index in [9.17, 15) is 0 Å². The molecular weight excluding hydrogens is 248 g/mol. The zero-order valence-electron chi connectivity index (χ0n) is 13.3. The van der Waals surface area contributed by atoms with Crippen molar-refractivity contribution in [2.24, 2.45) is 0 Å². The zero-order chi connectivity index (χ0) is 14.6. The highest BCUT2D eigenvalue weighted by atomic mass is 16.5. The third kappa shape index (κ3) is 3.89. The summed E-state index contributed by atoms with van der Waals surface area (Å²) in [6.45, 7) is 8.82. The molecule has 1 heterocycles. The van der Waals surface area contributed by atoms with Gasteiger partial charge in [0, 0.05) is 12.6 Å². The van der Waals surface area contributed by atoms with Crippen LogP contribution >= 0.6 is 0 Å². The number of hydrogen-bond acceptors (Lipinski definition) is 3. The van der Waals surface area contributed by atoms with Crippen LogP contribution in [0.25, 0.3) is 0 Å². The van der Waals surface area contributed by atoms with E-state index in [1.54, 1.807) is 7.11 Å². The number of rotatable bonds is 4. The van der Waals surface area contributed by atoms with E-state index in [0.717, 1.165) is 24.5 Å². The summed E-state index contributed by atoms with van der Waals surface area (Å²) in [6.07, 6.45) is 3.89. The number of methoxy groups -OCH3 is 1. The Morgan fingerprint density at radius 3 is 2.70 bits per heavy atom. The van der Waals surface area contributed by atoms with E-state index in [1.807, 2.05) is 0 Å². The van der Waals surface area contributed by atoms with Gasteiger partial charge in [-0.3, -0.25) is 0 Å². The predicted molar refractivity (Wildman–Crippen MR) is 85.8 cm³/mol. The molecule has 0 saturated carbocycles. The molecule has 1 aromatic carbocycles. The zero-order valence-corrected chi connectivity index (χ0v) is 13.3. The molecule has 2 N–H and O–H groups in total. The van der Waals surface area contributed by atoms with Crippen molar-refractivity contribution in [3.63, 3.8) is 0 Å². The van der Waals surface area contributed by atoms with Gasteiger partial charge in [0.2, 0.25) is 0 Å². The minimum Gasteiger partial charge on any atom is -0.495 e. The standard InChI is InChI=1S/C17H28N2O/c1-17(2,3)13-8-9-16(20-4)15(11-13)19-12-14-7-5-6-10-18-14/h8-9,11,14,18-19H,5-7,10,12H2,1-4H3. The van der Waals surface area contributed by atoms with Gasteiger partial charge in [0.15, 0.2) is 0 Å².